The van der Waals surface area contributed by atoms with E-state index in [1.54, 1.807) is 31.4 Å². The van der Waals surface area contributed by atoms with Crippen LogP contribution in [0.3, 0.4) is 0 Å². The van der Waals surface area contributed by atoms with Crippen molar-refractivity contribution in [3.8, 4) is 5.75 Å². The van der Waals surface area contributed by atoms with Crippen LogP contribution >= 0.6 is 0 Å². The molecule has 1 fully saturated rings. The fraction of sp³-hybridized carbons (Fsp3) is 0.650. The normalized spacial score (nSPS) is 16.2. The number of carbonyl (C=O) groups excluding carboxylic acids is 1. The smallest absolute Gasteiger partial charge is 0.232 e. The number of nitrogens with zero attached hydrogens (tertiary/aromatic N) is 1. The first kappa shape index (κ1) is 21.5. The van der Waals surface area contributed by atoms with Gasteiger partial charge in [-0.25, -0.2) is 8.42 Å². The zero-order chi connectivity index (χ0) is 19.7. The number of anilines is 1. The lowest BCUT2D eigenvalue weighted by Gasteiger charge is -2.23. The minimum atomic E-state index is -3.43. The molecule has 0 spiro atoms. The van der Waals surface area contributed by atoms with Crippen molar-refractivity contribution in [3.05, 3.63) is 24.3 Å². The van der Waals surface area contributed by atoms with Crippen molar-refractivity contribution in [2.45, 2.75) is 63.8 Å². The average molecular weight is 397 g/mol. The van der Waals surface area contributed by atoms with Crippen LogP contribution in [0.25, 0.3) is 0 Å². The number of methoxy groups -OCH3 is 1. The number of nitrogens with one attached hydrogen (secondary N) is 1. The third kappa shape index (κ3) is 7.40. The second kappa shape index (κ2) is 10.5. The van der Waals surface area contributed by atoms with E-state index in [-0.39, 0.29) is 18.5 Å². The number of sulfonamides is 1. The summed E-state index contributed by atoms with van der Waals surface area (Å²) >= 11 is 0. The van der Waals surface area contributed by atoms with E-state index in [0.717, 1.165) is 12.8 Å². The second-order valence-electron chi connectivity index (χ2n) is 7.25. The van der Waals surface area contributed by atoms with Gasteiger partial charge >= 0.3 is 0 Å². The summed E-state index contributed by atoms with van der Waals surface area (Å²) in [6, 6.07) is 7.22. The second-order valence-corrected chi connectivity index (χ2v) is 9.16. The van der Waals surface area contributed by atoms with Crippen molar-refractivity contribution in [1.82, 2.24) is 5.32 Å². The van der Waals surface area contributed by atoms with Gasteiger partial charge in [0.05, 0.1) is 19.1 Å². The fourth-order valence-electron chi connectivity index (χ4n) is 3.54. The van der Waals surface area contributed by atoms with Crippen LogP contribution in [0.2, 0.25) is 0 Å². The van der Waals surface area contributed by atoms with Crippen LogP contribution in [0.15, 0.2) is 24.3 Å². The molecule has 1 aromatic rings. The molecule has 7 heteroatoms. The summed E-state index contributed by atoms with van der Waals surface area (Å²) < 4.78 is 30.9. The lowest BCUT2D eigenvalue weighted by molar-refractivity contribution is -0.122. The Morgan fingerprint density at radius 1 is 1.19 bits per heavy atom. The van der Waals surface area contributed by atoms with Gasteiger partial charge in [-0.3, -0.25) is 9.10 Å². The zero-order valence-corrected chi connectivity index (χ0v) is 17.3. The fourth-order valence-corrected chi connectivity index (χ4v) is 4.49. The Balaban J connectivity index is 1.88. The van der Waals surface area contributed by atoms with Crippen LogP contribution in [0, 0.1) is 0 Å². The van der Waals surface area contributed by atoms with Crippen LogP contribution in [0.1, 0.15) is 57.8 Å². The van der Waals surface area contributed by atoms with Crippen molar-refractivity contribution in [1.29, 1.82) is 0 Å². The van der Waals surface area contributed by atoms with Crippen molar-refractivity contribution in [3.63, 3.8) is 0 Å². The van der Waals surface area contributed by atoms with Gasteiger partial charge in [-0.05, 0) is 31.4 Å². The minimum Gasteiger partial charge on any atom is -0.497 e. The Labute approximate surface area is 163 Å². The topological polar surface area (TPSA) is 75.7 Å². The molecular weight excluding hydrogens is 364 g/mol. The van der Waals surface area contributed by atoms with Gasteiger partial charge < -0.3 is 10.1 Å². The number of carbonyl (C=O) groups is 1. The Bertz CT molecular complexity index is 698. The maximum atomic E-state index is 12.3. The van der Waals surface area contributed by atoms with Crippen LogP contribution in [0.5, 0.6) is 5.75 Å². The highest BCUT2D eigenvalue weighted by atomic mass is 32.2. The Morgan fingerprint density at radius 2 is 1.85 bits per heavy atom. The van der Waals surface area contributed by atoms with Gasteiger partial charge in [0.25, 0.3) is 0 Å². The highest BCUT2D eigenvalue weighted by Crippen LogP contribution is 2.23. The van der Waals surface area contributed by atoms with Gasteiger partial charge in [-0.2, -0.15) is 0 Å². The standard InChI is InChI=1S/C20H32N2O4S/c1-26-19-13-8-12-18(16-19)22(27(2,24)25)15-9-14-20(23)21-17-10-6-4-3-5-7-11-17/h8,12-13,16-17H,3-7,9-11,14-15H2,1-2H3,(H,21,23). The van der Waals surface area contributed by atoms with E-state index >= 15 is 0 Å². The maximum absolute atomic E-state index is 12.3. The Kier molecular flexibility index (Phi) is 8.41. The molecule has 1 aliphatic carbocycles. The number of rotatable bonds is 8. The molecule has 1 aliphatic rings. The minimum absolute atomic E-state index is 0.0136. The predicted octanol–water partition coefficient (Wildman–Crippen LogP) is 3.47. The molecule has 0 aromatic heterocycles. The molecule has 0 heterocycles. The van der Waals surface area contributed by atoms with E-state index in [1.807, 2.05) is 0 Å². The van der Waals surface area contributed by atoms with Crippen molar-refractivity contribution < 1.29 is 17.9 Å². The maximum Gasteiger partial charge on any atom is 0.232 e. The largest absolute Gasteiger partial charge is 0.497 e. The number of hydrogen-bond acceptors (Lipinski definition) is 4. The van der Waals surface area contributed by atoms with Gasteiger partial charge in [-0.15, -0.1) is 0 Å². The Morgan fingerprint density at radius 3 is 2.48 bits per heavy atom. The SMILES string of the molecule is COc1cccc(N(CCCC(=O)NC2CCCCCCC2)S(C)(=O)=O)c1. The predicted molar refractivity (Wildman–Crippen MR) is 109 cm³/mol. The number of hydrogen-bond donors (Lipinski definition) is 1. The van der Waals surface area contributed by atoms with E-state index in [9.17, 15) is 13.2 Å². The molecule has 6 nitrogen and oxygen atoms in total. The molecule has 1 N–H and O–H groups in total. The van der Waals surface area contributed by atoms with Gasteiger partial charge in [0.15, 0.2) is 0 Å². The van der Waals surface area contributed by atoms with E-state index < -0.39 is 10.0 Å². The molecule has 152 valence electrons. The molecule has 1 aromatic carbocycles. The molecule has 0 bridgehead atoms. The van der Waals surface area contributed by atoms with Crippen molar-refractivity contribution in [2.24, 2.45) is 0 Å². The lowest BCUT2D eigenvalue weighted by Crippen LogP contribution is -2.36. The van der Waals surface area contributed by atoms with Gasteiger partial charge in [-0.1, -0.05) is 38.2 Å². The first-order chi connectivity index (χ1) is 12.9. The summed E-state index contributed by atoms with van der Waals surface area (Å²) in [6.07, 6.45) is 10.2. The zero-order valence-electron chi connectivity index (χ0n) is 16.4. The first-order valence-corrected chi connectivity index (χ1v) is 11.7. The molecule has 0 atom stereocenters. The molecule has 2 rings (SSSR count). The number of amides is 1. The van der Waals surface area contributed by atoms with Crippen molar-refractivity contribution in [2.75, 3.05) is 24.2 Å². The summed E-state index contributed by atoms with van der Waals surface area (Å²) in [5.41, 5.74) is 0.553. The van der Waals surface area contributed by atoms with Gasteiger partial charge in [0.1, 0.15) is 5.75 Å². The lowest BCUT2D eigenvalue weighted by atomic mass is 9.96. The molecule has 0 unspecified atom stereocenters. The molecule has 0 radical (unpaired) electrons. The van der Waals surface area contributed by atoms with Crippen LogP contribution < -0.4 is 14.4 Å². The molecular formula is C20H32N2O4S. The highest BCUT2D eigenvalue weighted by Gasteiger charge is 2.19. The quantitative estimate of drug-likeness (QED) is 0.730. The van der Waals surface area contributed by atoms with E-state index in [2.05, 4.69) is 5.32 Å². The number of ether oxygens (including phenoxy) is 1. The summed E-state index contributed by atoms with van der Waals surface area (Å²) in [4.78, 5) is 12.3. The summed E-state index contributed by atoms with van der Waals surface area (Å²) in [5, 5.41) is 3.13. The third-order valence-electron chi connectivity index (χ3n) is 4.98. The third-order valence-corrected chi connectivity index (χ3v) is 6.17. The van der Waals surface area contributed by atoms with E-state index in [1.165, 1.54) is 42.7 Å². The van der Waals surface area contributed by atoms with Gasteiger partial charge in [0.2, 0.25) is 15.9 Å². The van der Waals surface area contributed by atoms with Gasteiger partial charge in [0, 0.05) is 25.1 Å². The molecule has 0 saturated heterocycles. The molecule has 0 aliphatic heterocycles. The molecule has 1 saturated carbocycles. The average Bonchev–Trinajstić information content (AvgIpc) is 2.60. The number of benzene rings is 1. The first-order valence-electron chi connectivity index (χ1n) is 9.81. The van der Waals surface area contributed by atoms with Crippen LogP contribution in [-0.4, -0.2) is 40.3 Å². The van der Waals surface area contributed by atoms with E-state index in [4.69, 9.17) is 4.74 Å². The molecule has 27 heavy (non-hydrogen) atoms. The van der Waals surface area contributed by atoms with Crippen LogP contribution in [0.4, 0.5) is 5.69 Å². The summed E-state index contributed by atoms with van der Waals surface area (Å²) in [6.45, 7) is 0.268. The van der Waals surface area contributed by atoms with Crippen LogP contribution in [-0.2, 0) is 14.8 Å². The van der Waals surface area contributed by atoms with E-state index in [0.29, 0.717) is 24.3 Å². The monoisotopic (exact) mass is 396 g/mol. The highest BCUT2D eigenvalue weighted by molar-refractivity contribution is 7.92. The summed E-state index contributed by atoms with van der Waals surface area (Å²) in [5.74, 6) is 0.614. The Hall–Kier alpha value is -1.76. The summed E-state index contributed by atoms with van der Waals surface area (Å²) in [7, 11) is -1.89. The molecule has 1 amide bonds. The van der Waals surface area contributed by atoms with Crippen molar-refractivity contribution >= 4 is 21.6 Å².